The summed E-state index contributed by atoms with van der Waals surface area (Å²) in [5, 5.41) is 0. The van der Waals surface area contributed by atoms with Crippen LogP contribution in [0.25, 0.3) is 0 Å². The van der Waals surface area contributed by atoms with Crippen molar-refractivity contribution in [2.45, 2.75) is 56.8 Å². The molecule has 31 heavy (non-hydrogen) atoms. The summed E-state index contributed by atoms with van der Waals surface area (Å²) in [5.41, 5.74) is -3.10. The van der Waals surface area contributed by atoms with Crippen LogP contribution in [0, 0.1) is 11.6 Å². The molecule has 172 valence electrons. The first-order valence-corrected chi connectivity index (χ1v) is 10.4. The summed E-state index contributed by atoms with van der Waals surface area (Å²) in [6, 6.07) is 2.83. The number of methoxy groups -OCH3 is 1. The Hall–Kier alpha value is -2.29. The number of carbonyl (C=O) groups is 2. The zero-order chi connectivity index (χ0) is 23.0. The fourth-order valence-electron chi connectivity index (χ4n) is 4.37. The normalized spacial score (nSPS) is 25.5. The Morgan fingerprint density at radius 3 is 2.35 bits per heavy atom. The fraction of sp³-hybridized carbons (Fsp3) is 0.636. The van der Waals surface area contributed by atoms with Gasteiger partial charge in [-0.1, -0.05) is 6.07 Å². The van der Waals surface area contributed by atoms with Gasteiger partial charge in [-0.2, -0.15) is 0 Å². The second kappa shape index (κ2) is 8.68. The highest BCUT2D eigenvalue weighted by atomic mass is 19.1. The molecule has 0 unspecified atom stereocenters. The molecule has 0 bridgehead atoms. The molecule has 2 fully saturated rings. The Balaban J connectivity index is 1.74. The van der Waals surface area contributed by atoms with Crippen molar-refractivity contribution >= 4 is 12.1 Å². The Labute approximate surface area is 180 Å². The standard InChI is InChI=1S/C22H29F3N2O4/c1-21(2,3)31-20(29)26-9-7-15(8-10-26)27-12-17(22(25,13-27)19(28)30-4)16-6-5-14(23)11-18(16)24/h5-6,11,15,17H,7-10,12-13H2,1-4H3/t17-,22-/m0/s1. The van der Waals surface area contributed by atoms with Crippen LogP contribution < -0.4 is 0 Å². The van der Waals surface area contributed by atoms with Crippen LogP contribution in [0.4, 0.5) is 18.0 Å². The van der Waals surface area contributed by atoms with Crippen LogP contribution in [0.2, 0.25) is 0 Å². The van der Waals surface area contributed by atoms with Crippen LogP contribution in [0.3, 0.4) is 0 Å². The largest absolute Gasteiger partial charge is 0.467 e. The van der Waals surface area contributed by atoms with Gasteiger partial charge in [0.05, 0.1) is 7.11 Å². The van der Waals surface area contributed by atoms with E-state index in [0.29, 0.717) is 32.0 Å². The quantitative estimate of drug-likeness (QED) is 0.669. The molecule has 2 saturated heterocycles. The van der Waals surface area contributed by atoms with E-state index in [9.17, 15) is 18.4 Å². The highest BCUT2D eigenvalue weighted by Gasteiger charge is 2.56. The molecule has 0 saturated carbocycles. The molecular weight excluding hydrogens is 413 g/mol. The van der Waals surface area contributed by atoms with E-state index in [1.54, 1.807) is 30.6 Å². The lowest BCUT2D eigenvalue weighted by molar-refractivity contribution is -0.154. The molecule has 1 amide bonds. The molecule has 2 heterocycles. The number of rotatable bonds is 3. The van der Waals surface area contributed by atoms with E-state index in [-0.39, 0.29) is 24.7 Å². The van der Waals surface area contributed by atoms with E-state index in [4.69, 9.17) is 4.74 Å². The number of alkyl halides is 1. The number of hydrogen-bond donors (Lipinski definition) is 0. The maximum Gasteiger partial charge on any atom is 0.410 e. The number of esters is 1. The summed E-state index contributed by atoms with van der Waals surface area (Å²) in [4.78, 5) is 28.0. The molecule has 0 aromatic heterocycles. The van der Waals surface area contributed by atoms with Crippen molar-refractivity contribution in [1.82, 2.24) is 9.80 Å². The molecular formula is C22H29F3N2O4. The molecule has 6 nitrogen and oxygen atoms in total. The second-order valence-electron chi connectivity index (χ2n) is 9.20. The first kappa shape index (κ1) is 23.4. The molecule has 2 aliphatic heterocycles. The highest BCUT2D eigenvalue weighted by molar-refractivity contribution is 5.82. The molecule has 1 aromatic carbocycles. The molecule has 0 N–H and O–H groups in total. The average Bonchev–Trinajstić information content (AvgIpc) is 3.04. The number of amides is 1. The van der Waals surface area contributed by atoms with Crippen LogP contribution in [0.15, 0.2) is 18.2 Å². The lowest BCUT2D eigenvalue weighted by atomic mass is 9.86. The Bertz CT molecular complexity index is 837. The van der Waals surface area contributed by atoms with Gasteiger partial charge in [0.2, 0.25) is 5.67 Å². The average molecular weight is 442 g/mol. The summed E-state index contributed by atoms with van der Waals surface area (Å²) < 4.78 is 53.7. The number of likely N-dealkylation sites (tertiary alicyclic amines) is 2. The predicted octanol–water partition coefficient (Wildman–Crippen LogP) is 3.64. The summed E-state index contributed by atoms with van der Waals surface area (Å²) in [5.74, 6) is -3.86. The first-order valence-electron chi connectivity index (χ1n) is 10.4. The van der Waals surface area contributed by atoms with E-state index in [2.05, 4.69) is 4.74 Å². The Kier molecular flexibility index (Phi) is 6.55. The zero-order valence-corrected chi connectivity index (χ0v) is 18.3. The number of benzene rings is 1. The van der Waals surface area contributed by atoms with E-state index in [1.165, 1.54) is 6.07 Å². The topological polar surface area (TPSA) is 59.1 Å². The van der Waals surface area contributed by atoms with Crippen LogP contribution in [-0.4, -0.2) is 72.5 Å². The molecule has 1 aromatic rings. The summed E-state index contributed by atoms with van der Waals surface area (Å²) in [6.07, 6.45) is 0.734. The maximum atomic E-state index is 15.9. The van der Waals surface area contributed by atoms with Crippen molar-refractivity contribution in [2.24, 2.45) is 0 Å². The van der Waals surface area contributed by atoms with Gasteiger partial charge in [0.1, 0.15) is 17.2 Å². The third kappa shape index (κ3) is 4.97. The third-order valence-electron chi connectivity index (χ3n) is 5.90. The van der Waals surface area contributed by atoms with E-state index >= 15 is 4.39 Å². The molecule has 0 radical (unpaired) electrons. The van der Waals surface area contributed by atoms with E-state index in [0.717, 1.165) is 13.2 Å². The van der Waals surface area contributed by atoms with Gasteiger partial charge in [-0.15, -0.1) is 0 Å². The molecule has 0 spiro atoms. The van der Waals surface area contributed by atoms with E-state index in [1.807, 2.05) is 0 Å². The monoisotopic (exact) mass is 442 g/mol. The van der Waals surface area contributed by atoms with Crippen LogP contribution in [-0.2, 0) is 14.3 Å². The summed E-state index contributed by atoms with van der Waals surface area (Å²) in [7, 11) is 1.09. The molecule has 0 aliphatic carbocycles. The van der Waals surface area contributed by atoms with Crippen molar-refractivity contribution < 1.29 is 32.2 Å². The van der Waals surface area contributed by atoms with Gasteiger partial charge in [0.15, 0.2) is 0 Å². The lowest BCUT2D eigenvalue weighted by Crippen LogP contribution is -2.48. The van der Waals surface area contributed by atoms with Crippen molar-refractivity contribution in [2.75, 3.05) is 33.3 Å². The zero-order valence-electron chi connectivity index (χ0n) is 18.3. The number of piperidine rings is 1. The number of carbonyl (C=O) groups excluding carboxylic acids is 2. The molecule has 2 atom stereocenters. The Morgan fingerprint density at radius 1 is 1.16 bits per heavy atom. The van der Waals surface area contributed by atoms with Crippen molar-refractivity contribution in [1.29, 1.82) is 0 Å². The van der Waals surface area contributed by atoms with Gasteiger partial charge < -0.3 is 14.4 Å². The number of halogens is 3. The van der Waals surface area contributed by atoms with Gasteiger partial charge >= 0.3 is 12.1 Å². The number of ether oxygens (including phenoxy) is 2. The second-order valence-corrected chi connectivity index (χ2v) is 9.20. The summed E-state index contributed by atoms with van der Waals surface area (Å²) in [6.45, 7) is 6.09. The minimum absolute atomic E-state index is 0.0528. The maximum absolute atomic E-state index is 15.9. The van der Waals surface area contributed by atoms with Crippen LogP contribution in [0.5, 0.6) is 0 Å². The minimum Gasteiger partial charge on any atom is -0.467 e. The van der Waals surface area contributed by atoms with E-state index < -0.39 is 40.9 Å². The third-order valence-corrected chi connectivity index (χ3v) is 5.90. The first-order chi connectivity index (χ1) is 14.4. The minimum atomic E-state index is -2.45. The highest BCUT2D eigenvalue weighted by Crippen LogP contribution is 2.43. The van der Waals surface area contributed by atoms with Crippen LogP contribution in [0.1, 0.15) is 45.1 Å². The van der Waals surface area contributed by atoms with Crippen LogP contribution >= 0.6 is 0 Å². The molecule has 3 rings (SSSR count). The van der Waals surface area contributed by atoms with Gasteiger partial charge in [-0.05, 0) is 45.2 Å². The van der Waals surface area contributed by atoms with Gasteiger partial charge in [0, 0.05) is 44.2 Å². The SMILES string of the molecule is COC(=O)[C@]1(F)CN(C2CCN(C(=O)OC(C)(C)C)CC2)C[C@H]1c1ccc(F)cc1F. The smallest absolute Gasteiger partial charge is 0.410 e. The molecule has 9 heteroatoms. The van der Waals surface area contributed by atoms with Gasteiger partial charge in [0.25, 0.3) is 0 Å². The molecule has 2 aliphatic rings. The summed E-state index contributed by atoms with van der Waals surface area (Å²) >= 11 is 0. The van der Waals surface area contributed by atoms with Crippen molar-refractivity contribution in [3.8, 4) is 0 Å². The Morgan fingerprint density at radius 2 is 1.81 bits per heavy atom. The lowest BCUT2D eigenvalue weighted by Gasteiger charge is -2.37. The van der Waals surface area contributed by atoms with Crippen molar-refractivity contribution in [3.63, 3.8) is 0 Å². The fourth-order valence-corrected chi connectivity index (χ4v) is 4.37. The number of hydrogen-bond acceptors (Lipinski definition) is 5. The number of nitrogens with zero attached hydrogens (tertiary/aromatic N) is 2. The van der Waals surface area contributed by atoms with Gasteiger partial charge in [-0.3, -0.25) is 4.90 Å². The predicted molar refractivity (Wildman–Crippen MR) is 107 cm³/mol. The van der Waals surface area contributed by atoms with Gasteiger partial charge in [-0.25, -0.2) is 22.8 Å². The van der Waals surface area contributed by atoms with Crippen molar-refractivity contribution in [3.05, 3.63) is 35.4 Å².